The standard InChI is InChI=1S/C25H30/c1-3-4-5-6-9-21-10-7-11-22(17-21)18-23-12-8-13-24(19-23)25-15-14-20(2)16-25/h7-8,10-15,17,19H,3-6,9,16,18H2,1-2H3. The molecule has 1 aliphatic carbocycles. The number of unbranched alkanes of at least 4 members (excludes halogenated alkanes) is 3. The molecule has 0 radical (unpaired) electrons. The highest BCUT2D eigenvalue weighted by atomic mass is 14.1. The Kier molecular flexibility index (Phi) is 6.28. The zero-order chi connectivity index (χ0) is 17.5. The van der Waals surface area contributed by atoms with Gasteiger partial charge in [-0.25, -0.2) is 0 Å². The monoisotopic (exact) mass is 330 g/mol. The van der Waals surface area contributed by atoms with Crippen LogP contribution in [0.3, 0.4) is 0 Å². The average molecular weight is 331 g/mol. The Morgan fingerprint density at radius 3 is 2.32 bits per heavy atom. The van der Waals surface area contributed by atoms with Crippen LogP contribution in [0.25, 0.3) is 5.57 Å². The molecule has 0 saturated carbocycles. The molecule has 0 N–H and O–H groups in total. The van der Waals surface area contributed by atoms with Crippen molar-refractivity contribution in [2.75, 3.05) is 0 Å². The van der Waals surface area contributed by atoms with Crippen LogP contribution in [0.4, 0.5) is 0 Å². The van der Waals surface area contributed by atoms with E-state index in [1.165, 1.54) is 65.5 Å². The number of hydrogen-bond donors (Lipinski definition) is 0. The zero-order valence-electron chi connectivity index (χ0n) is 15.7. The van der Waals surface area contributed by atoms with Crippen LogP contribution in [0.1, 0.15) is 68.2 Å². The Bertz CT molecular complexity index is 761. The number of allylic oxidation sites excluding steroid dienone is 4. The SMILES string of the molecule is CCCCCCc1cccc(Cc2cccc(C3=CC=C(C)C3)c2)c1. The molecule has 2 aromatic rings. The van der Waals surface area contributed by atoms with Crippen LogP contribution in [0, 0.1) is 0 Å². The van der Waals surface area contributed by atoms with Crippen LogP contribution in [-0.2, 0) is 12.8 Å². The van der Waals surface area contributed by atoms with Crippen molar-refractivity contribution in [2.45, 2.75) is 58.8 Å². The minimum atomic E-state index is 1.02. The van der Waals surface area contributed by atoms with E-state index in [1.54, 1.807) is 0 Å². The van der Waals surface area contributed by atoms with Gasteiger partial charge in [-0.3, -0.25) is 0 Å². The summed E-state index contributed by atoms with van der Waals surface area (Å²) in [5, 5.41) is 0. The summed E-state index contributed by atoms with van der Waals surface area (Å²) in [6.45, 7) is 4.48. The molecule has 3 rings (SSSR count). The summed E-state index contributed by atoms with van der Waals surface area (Å²) in [5.74, 6) is 0. The molecule has 130 valence electrons. The first-order chi connectivity index (χ1) is 12.2. The molecule has 0 heteroatoms. The number of rotatable bonds is 8. The normalized spacial score (nSPS) is 13.7. The highest BCUT2D eigenvalue weighted by molar-refractivity contribution is 5.72. The van der Waals surface area contributed by atoms with E-state index in [4.69, 9.17) is 0 Å². The summed E-state index contributed by atoms with van der Waals surface area (Å²) in [4.78, 5) is 0. The van der Waals surface area contributed by atoms with Gasteiger partial charge in [0.15, 0.2) is 0 Å². The Morgan fingerprint density at radius 2 is 1.56 bits per heavy atom. The van der Waals surface area contributed by atoms with Gasteiger partial charge in [0.2, 0.25) is 0 Å². The maximum atomic E-state index is 2.40. The third-order valence-corrected chi connectivity index (χ3v) is 5.05. The van der Waals surface area contributed by atoms with Crippen LogP contribution in [0.5, 0.6) is 0 Å². The van der Waals surface area contributed by atoms with Gasteiger partial charge >= 0.3 is 0 Å². The Balaban J connectivity index is 1.64. The molecule has 0 atom stereocenters. The molecule has 0 saturated heterocycles. The van der Waals surface area contributed by atoms with Crippen molar-refractivity contribution in [1.82, 2.24) is 0 Å². The molecule has 0 bridgehead atoms. The molecule has 0 amide bonds. The average Bonchev–Trinajstić information content (AvgIpc) is 3.06. The van der Waals surface area contributed by atoms with E-state index in [0.717, 1.165) is 12.8 Å². The molecule has 1 aliphatic rings. The molecule has 0 fully saturated rings. The summed E-state index contributed by atoms with van der Waals surface area (Å²) in [5.41, 5.74) is 8.61. The summed E-state index contributed by atoms with van der Waals surface area (Å²) >= 11 is 0. The van der Waals surface area contributed by atoms with Gasteiger partial charge in [-0.1, -0.05) is 92.4 Å². The maximum absolute atomic E-state index is 2.40. The number of hydrogen-bond acceptors (Lipinski definition) is 0. The van der Waals surface area contributed by atoms with Crippen LogP contribution in [0.2, 0.25) is 0 Å². The van der Waals surface area contributed by atoms with Gasteiger partial charge in [0.1, 0.15) is 0 Å². The first-order valence-electron chi connectivity index (χ1n) is 9.78. The first kappa shape index (κ1) is 17.7. The second-order valence-electron chi connectivity index (χ2n) is 7.39. The second-order valence-corrected chi connectivity index (χ2v) is 7.39. The van der Waals surface area contributed by atoms with Gasteiger partial charge in [-0.05, 0) is 60.4 Å². The molecule has 0 heterocycles. The third-order valence-electron chi connectivity index (χ3n) is 5.05. The predicted molar refractivity (Wildman–Crippen MR) is 110 cm³/mol. The van der Waals surface area contributed by atoms with Gasteiger partial charge in [0.05, 0.1) is 0 Å². The van der Waals surface area contributed by atoms with Crippen molar-refractivity contribution in [3.8, 4) is 0 Å². The van der Waals surface area contributed by atoms with Crippen molar-refractivity contribution < 1.29 is 0 Å². The fourth-order valence-electron chi connectivity index (χ4n) is 3.63. The lowest BCUT2D eigenvalue weighted by Crippen LogP contribution is -1.93. The molecule has 0 nitrogen and oxygen atoms in total. The largest absolute Gasteiger partial charge is 0.0689 e. The van der Waals surface area contributed by atoms with Gasteiger partial charge in [-0.2, -0.15) is 0 Å². The molecular formula is C25H30. The lowest BCUT2D eigenvalue weighted by Gasteiger charge is -2.09. The number of benzene rings is 2. The van der Waals surface area contributed by atoms with Crippen molar-refractivity contribution in [3.05, 3.63) is 88.5 Å². The van der Waals surface area contributed by atoms with Crippen molar-refractivity contribution >= 4 is 5.57 Å². The van der Waals surface area contributed by atoms with Gasteiger partial charge in [-0.15, -0.1) is 0 Å². The molecule has 0 spiro atoms. The van der Waals surface area contributed by atoms with E-state index in [1.807, 2.05) is 0 Å². The van der Waals surface area contributed by atoms with E-state index < -0.39 is 0 Å². The Labute approximate surface area is 153 Å². The molecule has 25 heavy (non-hydrogen) atoms. The van der Waals surface area contributed by atoms with Crippen molar-refractivity contribution in [2.24, 2.45) is 0 Å². The van der Waals surface area contributed by atoms with Gasteiger partial charge in [0.25, 0.3) is 0 Å². The van der Waals surface area contributed by atoms with Crippen LogP contribution in [0.15, 0.2) is 66.3 Å². The molecule has 0 aromatic heterocycles. The zero-order valence-corrected chi connectivity index (χ0v) is 15.7. The lowest BCUT2D eigenvalue weighted by molar-refractivity contribution is 0.666. The summed E-state index contributed by atoms with van der Waals surface area (Å²) in [7, 11) is 0. The van der Waals surface area contributed by atoms with Crippen LogP contribution in [-0.4, -0.2) is 0 Å². The highest BCUT2D eigenvalue weighted by Gasteiger charge is 2.08. The fourth-order valence-corrected chi connectivity index (χ4v) is 3.63. The van der Waals surface area contributed by atoms with Gasteiger partial charge < -0.3 is 0 Å². The Hall–Kier alpha value is -2.08. The molecule has 0 unspecified atom stereocenters. The Morgan fingerprint density at radius 1 is 0.800 bits per heavy atom. The van der Waals surface area contributed by atoms with Crippen LogP contribution >= 0.6 is 0 Å². The lowest BCUT2D eigenvalue weighted by atomic mass is 9.96. The highest BCUT2D eigenvalue weighted by Crippen LogP contribution is 2.28. The molecular weight excluding hydrogens is 300 g/mol. The smallest absolute Gasteiger partial charge is 0.00255 e. The third kappa shape index (κ3) is 5.19. The van der Waals surface area contributed by atoms with E-state index >= 15 is 0 Å². The molecule has 0 aliphatic heterocycles. The fraction of sp³-hybridized carbons (Fsp3) is 0.360. The van der Waals surface area contributed by atoms with E-state index in [9.17, 15) is 0 Å². The minimum Gasteiger partial charge on any atom is -0.0689 e. The van der Waals surface area contributed by atoms with E-state index in [-0.39, 0.29) is 0 Å². The summed E-state index contributed by atoms with van der Waals surface area (Å²) in [6, 6.07) is 18.2. The van der Waals surface area contributed by atoms with E-state index in [2.05, 4.69) is 74.5 Å². The van der Waals surface area contributed by atoms with Crippen molar-refractivity contribution in [1.29, 1.82) is 0 Å². The van der Waals surface area contributed by atoms with E-state index in [0.29, 0.717) is 0 Å². The quantitative estimate of drug-likeness (QED) is 0.451. The van der Waals surface area contributed by atoms with Gasteiger partial charge in [0, 0.05) is 0 Å². The maximum Gasteiger partial charge on any atom is -0.00255 e. The topological polar surface area (TPSA) is 0 Å². The molecule has 2 aromatic carbocycles. The summed E-state index contributed by atoms with van der Waals surface area (Å²) in [6.07, 6.45) is 13.2. The number of aryl methyl sites for hydroxylation is 1. The minimum absolute atomic E-state index is 1.02. The van der Waals surface area contributed by atoms with Crippen molar-refractivity contribution in [3.63, 3.8) is 0 Å². The summed E-state index contributed by atoms with van der Waals surface area (Å²) < 4.78 is 0. The van der Waals surface area contributed by atoms with Crippen LogP contribution < -0.4 is 0 Å². The second kappa shape index (κ2) is 8.85. The first-order valence-corrected chi connectivity index (χ1v) is 9.78. The predicted octanol–water partition coefficient (Wildman–Crippen LogP) is 7.13.